The molecule has 0 amide bonds. The fourth-order valence-corrected chi connectivity index (χ4v) is 2.07. The smallest absolute Gasteiger partial charge is 0.304 e. The highest BCUT2D eigenvalue weighted by Gasteiger charge is 2.19. The van der Waals surface area contributed by atoms with Gasteiger partial charge in [-0.3, -0.25) is 10.1 Å². The molecule has 0 saturated heterocycles. The van der Waals surface area contributed by atoms with Crippen molar-refractivity contribution in [2.45, 2.75) is 13.8 Å². The highest BCUT2D eigenvalue weighted by Crippen LogP contribution is 2.34. The van der Waals surface area contributed by atoms with Crippen molar-refractivity contribution < 1.29 is 10.1 Å². The van der Waals surface area contributed by atoms with Gasteiger partial charge in [-0.1, -0.05) is 5.16 Å². The molecule has 0 radical (unpaired) electrons. The molecule has 0 fully saturated rings. The maximum Gasteiger partial charge on any atom is 0.304 e. The van der Waals surface area contributed by atoms with Gasteiger partial charge >= 0.3 is 5.69 Å². The first-order chi connectivity index (χ1) is 7.10. The average Bonchev–Trinajstić information content (AvgIpc) is 2.61. The molecule has 1 rings (SSSR count). The first kappa shape index (κ1) is 11.4. The van der Waals surface area contributed by atoms with Crippen LogP contribution in [0.3, 0.4) is 0 Å². The van der Waals surface area contributed by atoms with Crippen LogP contribution in [-0.2, 0) is 0 Å². The Morgan fingerprint density at radius 3 is 2.93 bits per heavy atom. The predicted molar refractivity (Wildman–Crippen MR) is 59.1 cm³/mol. The lowest BCUT2D eigenvalue weighted by atomic mass is 10.3. The van der Waals surface area contributed by atoms with E-state index >= 15 is 0 Å². The maximum absolute atomic E-state index is 10.7. The Morgan fingerprint density at radius 2 is 2.47 bits per heavy atom. The molecule has 0 unspecified atom stereocenters. The Morgan fingerprint density at radius 1 is 1.80 bits per heavy atom. The van der Waals surface area contributed by atoms with Crippen molar-refractivity contribution in [2.75, 3.05) is 11.9 Å². The zero-order valence-electron chi connectivity index (χ0n) is 8.35. The molecule has 0 aliphatic carbocycles. The molecule has 6 nitrogen and oxygen atoms in total. The van der Waals surface area contributed by atoms with Crippen molar-refractivity contribution in [3.05, 3.63) is 21.1 Å². The molecule has 0 atom stereocenters. The Labute approximate surface area is 90.4 Å². The van der Waals surface area contributed by atoms with Crippen LogP contribution >= 0.6 is 11.3 Å². The van der Waals surface area contributed by atoms with Crippen LogP contribution in [0.1, 0.15) is 18.7 Å². The van der Waals surface area contributed by atoms with Crippen LogP contribution in [0.4, 0.5) is 10.7 Å². The molecule has 1 aromatic rings. The third kappa shape index (κ3) is 2.44. The van der Waals surface area contributed by atoms with Crippen molar-refractivity contribution >= 4 is 27.7 Å². The molecule has 0 bridgehead atoms. The second kappa shape index (κ2) is 4.74. The summed E-state index contributed by atoms with van der Waals surface area (Å²) in [5, 5.41) is 25.6. The first-order valence-electron chi connectivity index (χ1n) is 4.31. The van der Waals surface area contributed by atoms with Crippen LogP contribution in [0.25, 0.3) is 0 Å². The highest BCUT2D eigenvalue weighted by atomic mass is 32.1. The van der Waals surface area contributed by atoms with Gasteiger partial charge in [-0.15, -0.1) is 11.3 Å². The number of hydrogen-bond acceptors (Lipinski definition) is 6. The third-order valence-corrected chi connectivity index (χ3v) is 2.94. The molecule has 1 aromatic heterocycles. The molecule has 7 heteroatoms. The fourth-order valence-electron chi connectivity index (χ4n) is 1.03. The van der Waals surface area contributed by atoms with Crippen molar-refractivity contribution in [3.63, 3.8) is 0 Å². The van der Waals surface area contributed by atoms with E-state index in [0.717, 1.165) is 0 Å². The van der Waals surface area contributed by atoms with E-state index in [4.69, 9.17) is 5.21 Å². The molecule has 82 valence electrons. The van der Waals surface area contributed by atoms with Gasteiger partial charge in [0.15, 0.2) is 5.00 Å². The molecule has 0 aliphatic heterocycles. The van der Waals surface area contributed by atoms with Gasteiger partial charge in [0, 0.05) is 12.6 Å². The summed E-state index contributed by atoms with van der Waals surface area (Å²) < 4.78 is 0. The lowest BCUT2D eigenvalue weighted by Gasteiger charge is -1.96. The summed E-state index contributed by atoms with van der Waals surface area (Å²) in [6.45, 7) is 4.05. The molecule has 2 N–H and O–H groups in total. The van der Waals surface area contributed by atoms with Gasteiger partial charge in [-0.2, -0.15) is 0 Å². The average molecular weight is 229 g/mol. The molecule has 0 aromatic carbocycles. The Balaban J connectivity index is 3.14. The van der Waals surface area contributed by atoms with E-state index in [2.05, 4.69) is 10.5 Å². The zero-order chi connectivity index (χ0) is 11.4. The molecule has 0 spiro atoms. The monoisotopic (exact) mass is 229 g/mol. The van der Waals surface area contributed by atoms with Crippen LogP contribution in [0.2, 0.25) is 0 Å². The minimum Gasteiger partial charge on any atom is -0.411 e. The molecule has 0 aliphatic rings. The predicted octanol–water partition coefficient (Wildman–Crippen LogP) is 2.29. The summed E-state index contributed by atoms with van der Waals surface area (Å²) in [6.07, 6.45) is 0. The highest BCUT2D eigenvalue weighted by molar-refractivity contribution is 7.18. The standard InChI is InChI=1S/C8H11N3O3S/c1-3-9-8-6(11(13)14)4-7(15-8)5(2)10-12/h4,9,12H,3H2,1-2H3/b10-5+. The summed E-state index contributed by atoms with van der Waals surface area (Å²) in [7, 11) is 0. The number of hydrogen-bond donors (Lipinski definition) is 2. The third-order valence-electron chi connectivity index (χ3n) is 1.75. The summed E-state index contributed by atoms with van der Waals surface area (Å²) >= 11 is 1.20. The number of nitro groups is 1. The number of rotatable bonds is 4. The number of anilines is 1. The van der Waals surface area contributed by atoms with Crippen LogP contribution < -0.4 is 5.32 Å². The van der Waals surface area contributed by atoms with Gasteiger partial charge in [-0.25, -0.2) is 0 Å². The van der Waals surface area contributed by atoms with Gasteiger partial charge in [0.05, 0.1) is 15.5 Å². The lowest BCUT2D eigenvalue weighted by molar-refractivity contribution is -0.383. The van der Waals surface area contributed by atoms with Crippen molar-refractivity contribution in [1.82, 2.24) is 0 Å². The fraction of sp³-hybridized carbons (Fsp3) is 0.375. The second-order valence-corrected chi connectivity index (χ2v) is 3.85. The van der Waals surface area contributed by atoms with Crippen LogP contribution in [0.5, 0.6) is 0 Å². The van der Waals surface area contributed by atoms with Crippen molar-refractivity contribution in [3.8, 4) is 0 Å². The van der Waals surface area contributed by atoms with Crippen molar-refractivity contribution in [1.29, 1.82) is 0 Å². The number of nitrogens with one attached hydrogen (secondary N) is 1. The van der Waals surface area contributed by atoms with Gasteiger partial charge < -0.3 is 10.5 Å². The van der Waals surface area contributed by atoms with Gasteiger partial charge in [0.1, 0.15) is 0 Å². The van der Waals surface area contributed by atoms with Gasteiger partial charge in [0.2, 0.25) is 0 Å². The lowest BCUT2D eigenvalue weighted by Crippen LogP contribution is -1.97. The quantitative estimate of drug-likeness (QED) is 0.359. The number of nitrogens with zero attached hydrogens (tertiary/aromatic N) is 2. The molecule has 1 heterocycles. The minimum atomic E-state index is -0.456. The van der Waals surface area contributed by atoms with Crippen LogP contribution in [-0.4, -0.2) is 22.4 Å². The maximum atomic E-state index is 10.7. The van der Waals surface area contributed by atoms with Gasteiger partial charge in [0.25, 0.3) is 0 Å². The minimum absolute atomic E-state index is 0.0138. The van der Waals surface area contributed by atoms with E-state index < -0.39 is 4.92 Å². The SMILES string of the molecule is CCNc1sc(/C(C)=N/O)cc1[N+](=O)[O-]. The summed E-state index contributed by atoms with van der Waals surface area (Å²) in [4.78, 5) is 10.8. The van der Waals surface area contributed by atoms with E-state index in [-0.39, 0.29) is 5.69 Å². The Bertz CT molecular complexity index is 400. The number of thiophene rings is 1. The Kier molecular flexibility index (Phi) is 3.62. The topological polar surface area (TPSA) is 87.8 Å². The van der Waals surface area contributed by atoms with E-state index in [0.29, 0.717) is 22.1 Å². The van der Waals surface area contributed by atoms with E-state index in [1.54, 1.807) is 6.92 Å². The Hall–Kier alpha value is -1.63. The van der Waals surface area contributed by atoms with Gasteiger partial charge in [-0.05, 0) is 13.8 Å². The largest absolute Gasteiger partial charge is 0.411 e. The molecular formula is C8H11N3O3S. The summed E-state index contributed by atoms with van der Waals surface area (Å²) in [6, 6.07) is 1.40. The molecule has 0 saturated carbocycles. The van der Waals surface area contributed by atoms with Crippen LogP contribution in [0.15, 0.2) is 11.2 Å². The summed E-state index contributed by atoms with van der Waals surface area (Å²) in [5.74, 6) is 0. The van der Waals surface area contributed by atoms with E-state index in [1.165, 1.54) is 17.4 Å². The summed E-state index contributed by atoms with van der Waals surface area (Å²) in [5.41, 5.74) is 0.382. The molecular weight excluding hydrogens is 218 g/mol. The number of oxime groups is 1. The first-order valence-corrected chi connectivity index (χ1v) is 5.13. The van der Waals surface area contributed by atoms with E-state index in [9.17, 15) is 10.1 Å². The van der Waals surface area contributed by atoms with Crippen LogP contribution in [0, 0.1) is 10.1 Å². The molecule has 15 heavy (non-hydrogen) atoms. The van der Waals surface area contributed by atoms with Crippen molar-refractivity contribution in [2.24, 2.45) is 5.16 Å². The second-order valence-electron chi connectivity index (χ2n) is 2.80. The normalized spacial score (nSPS) is 11.5. The van der Waals surface area contributed by atoms with E-state index in [1.807, 2.05) is 6.92 Å². The zero-order valence-corrected chi connectivity index (χ0v) is 9.17.